The van der Waals surface area contributed by atoms with E-state index in [0.717, 1.165) is 31.2 Å². The molecule has 38 heavy (non-hydrogen) atoms. The molecule has 3 unspecified atom stereocenters. The molecule has 9 heteroatoms. The molecule has 0 radical (unpaired) electrons. The zero-order chi connectivity index (χ0) is 26.6. The van der Waals surface area contributed by atoms with Crippen LogP contribution in [0.3, 0.4) is 0 Å². The van der Waals surface area contributed by atoms with E-state index in [1.165, 1.54) is 4.90 Å². The highest BCUT2D eigenvalue weighted by Crippen LogP contribution is 2.35. The summed E-state index contributed by atoms with van der Waals surface area (Å²) in [6.07, 6.45) is 4.13. The van der Waals surface area contributed by atoms with Crippen molar-refractivity contribution >= 4 is 46.5 Å². The van der Waals surface area contributed by atoms with Crippen molar-refractivity contribution in [2.45, 2.75) is 50.2 Å². The van der Waals surface area contributed by atoms with E-state index in [1.54, 1.807) is 42.5 Å². The number of hydrogen-bond acceptors (Lipinski definition) is 4. The quantitative estimate of drug-likeness (QED) is 0.373. The van der Waals surface area contributed by atoms with Crippen LogP contribution in [0.25, 0.3) is 0 Å². The molecule has 1 heterocycles. The van der Waals surface area contributed by atoms with Crippen molar-refractivity contribution in [3.63, 3.8) is 0 Å². The van der Waals surface area contributed by atoms with Crippen molar-refractivity contribution in [2.75, 3.05) is 15.5 Å². The Morgan fingerprint density at radius 1 is 1.00 bits per heavy atom. The van der Waals surface area contributed by atoms with Crippen molar-refractivity contribution in [3.8, 4) is 0 Å². The van der Waals surface area contributed by atoms with Crippen LogP contribution in [0.5, 0.6) is 0 Å². The molecule has 1 fully saturated rings. The van der Waals surface area contributed by atoms with E-state index in [4.69, 9.17) is 17.3 Å². The first-order valence-corrected chi connectivity index (χ1v) is 13.2. The topological polar surface area (TPSA) is 117 Å². The largest absolute Gasteiger partial charge is 0.348 e. The number of nitrogens with two attached hydrogens (primary N) is 1. The SMILES string of the molecule is NC1CCCCC1NC(=O)c1ccc2c(c1)NC(=O)C(Cc1ccccc1)N2C(=O)Nc1cccc(Cl)c1. The molecule has 0 bridgehead atoms. The van der Waals surface area contributed by atoms with Crippen molar-refractivity contribution in [2.24, 2.45) is 5.73 Å². The Hall–Kier alpha value is -3.88. The van der Waals surface area contributed by atoms with Gasteiger partial charge in [-0.3, -0.25) is 14.5 Å². The molecule has 196 valence electrons. The Labute approximate surface area is 226 Å². The van der Waals surface area contributed by atoms with Crippen LogP contribution in [0.1, 0.15) is 41.6 Å². The van der Waals surface area contributed by atoms with Gasteiger partial charge < -0.3 is 21.7 Å². The molecule has 3 atom stereocenters. The molecule has 5 rings (SSSR count). The minimum atomic E-state index is -0.802. The number of anilines is 3. The lowest BCUT2D eigenvalue weighted by atomic mass is 9.91. The predicted molar refractivity (Wildman–Crippen MR) is 150 cm³/mol. The molecule has 3 aromatic carbocycles. The number of benzene rings is 3. The number of rotatable bonds is 5. The van der Waals surface area contributed by atoms with Gasteiger partial charge in [-0.25, -0.2) is 4.79 Å². The molecule has 1 aliphatic heterocycles. The molecular formula is C29H30ClN5O3. The minimum Gasteiger partial charge on any atom is -0.348 e. The third-order valence-electron chi connectivity index (χ3n) is 7.09. The summed E-state index contributed by atoms with van der Waals surface area (Å²) >= 11 is 6.11. The first-order chi connectivity index (χ1) is 18.4. The number of amides is 4. The number of carbonyl (C=O) groups excluding carboxylic acids is 3. The van der Waals surface area contributed by atoms with E-state index in [9.17, 15) is 14.4 Å². The van der Waals surface area contributed by atoms with Crippen LogP contribution in [0.2, 0.25) is 5.02 Å². The highest BCUT2D eigenvalue weighted by Gasteiger charge is 2.37. The van der Waals surface area contributed by atoms with E-state index >= 15 is 0 Å². The van der Waals surface area contributed by atoms with Crippen LogP contribution in [-0.4, -0.2) is 36.0 Å². The number of hydrogen-bond donors (Lipinski definition) is 4. The fraction of sp³-hybridized carbons (Fsp3) is 0.276. The molecule has 4 amide bonds. The Bertz CT molecular complexity index is 1350. The van der Waals surface area contributed by atoms with Gasteiger partial charge in [-0.15, -0.1) is 0 Å². The molecule has 1 saturated carbocycles. The fourth-order valence-electron chi connectivity index (χ4n) is 5.10. The average Bonchev–Trinajstić information content (AvgIpc) is 2.90. The standard InChI is InChI=1S/C29H30ClN5O3/c30-20-9-6-10-21(17-20)32-29(38)35-25-14-13-19(27(36)33-23-12-5-4-11-22(23)31)16-24(25)34-28(37)26(35)15-18-7-2-1-3-8-18/h1-3,6-10,13-14,16-17,22-23,26H,4-5,11-12,15,31H2,(H,32,38)(H,33,36)(H,34,37). The lowest BCUT2D eigenvalue weighted by Crippen LogP contribution is -2.53. The smallest absolute Gasteiger partial charge is 0.327 e. The lowest BCUT2D eigenvalue weighted by Gasteiger charge is -2.36. The van der Waals surface area contributed by atoms with Gasteiger partial charge in [-0.1, -0.05) is 60.8 Å². The molecule has 0 saturated heterocycles. The Balaban J connectivity index is 1.45. The third-order valence-corrected chi connectivity index (χ3v) is 7.33. The van der Waals surface area contributed by atoms with E-state index in [-0.39, 0.29) is 23.9 Å². The van der Waals surface area contributed by atoms with Gasteiger partial charge in [0.05, 0.1) is 11.4 Å². The fourth-order valence-corrected chi connectivity index (χ4v) is 5.29. The number of fused-ring (bicyclic) bond motifs is 1. The highest BCUT2D eigenvalue weighted by atomic mass is 35.5. The number of nitrogens with one attached hydrogen (secondary N) is 3. The summed E-state index contributed by atoms with van der Waals surface area (Å²) in [5.41, 5.74) is 8.90. The summed E-state index contributed by atoms with van der Waals surface area (Å²) in [6.45, 7) is 0. The van der Waals surface area contributed by atoms with E-state index in [1.807, 2.05) is 30.3 Å². The second-order valence-corrected chi connectivity index (χ2v) is 10.2. The molecule has 0 aromatic heterocycles. The Morgan fingerprint density at radius 2 is 1.79 bits per heavy atom. The van der Waals surface area contributed by atoms with Crippen molar-refractivity contribution in [1.82, 2.24) is 5.32 Å². The summed E-state index contributed by atoms with van der Waals surface area (Å²) in [5, 5.41) is 9.28. The van der Waals surface area contributed by atoms with Crippen LogP contribution in [0.15, 0.2) is 72.8 Å². The van der Waals surface area contributed by atoms with Gasteiger partial charge in [0.25, 0.3) is 5.91 Å². The van der Waals surface area contributed by atoms with Crippen molar-refractivity contribution in [3.05, 3.63) is 88.9 Å². The second kappa shape index (κ2) is 11.2. The van der Waals surface area contributed by atoms with Crippen LogP contribution >= 0.6 is 11.6 Å². The molecule has 3 aromatic rings. The van der Waals surface area contributed by atoms with Gasteiger partial charge >= 0.3 is 6.03 Å². The maximum Gasteiger partial charge on any atom is 0.327 e. The van der Waals surface area contributed by atoms with Crippen molar-refractivity contribution in [1.29, 1.82) is 0 Å². The van der Waals surface area contributed by atoms with Crippen molar-refractivity contribution < 1.29 is 14.4 Å². The van der Waals surface area contributed by atoms with E-state index < -0.39 is 12.1 Å². The van der Waals surface area contributed by atoms with Gasteiger partial charge in [-0.05, 0) is 54.8 Å². The summed E-state index contributed by atoms with van der Waals surface area (Å²) in [5.74, 6) is -0.597. The molecule has 8 nitrogen and oxygen atoms in total. The Morgan fingerprint density at radius 3 is 2.55 bits per heavy atom. The number of urea groups is 1. The highest BCUT2D eigenvalue weighted by molar-refractivity contribution is 6.31. The lowest BCUT2D eigenvalue weighted by molar-refractivity contribution is -0.117. The first-order valence-electron chi connectivity index (χ1n) is 12.8. The molecule has 2 aliphatic rings. The number of halogens is 1. The predicted octanol–water partition coefficient (Wildman–Crippen LogP) is 4.94. The van der Waals surface area contributed by atoms with Crippen LogP contribution < -0.4 is 26.6 Å². The first kappa shape index (κ1) is 25.8. The van der Waals surface area contributed by atoms with Crippen LogP contribution in [0.4, 0.5) is 21.9 Å². The van der Waals surface area contributed by atoms with Gasteiger partial charge in [0.15, 0.2) is 0 Å². The number of nitrogens with zero attached hydrogens (tertiary/aromatic N) is 1. The van der Waals surface area contributed by atoms with Gasteiger partial charge in [0, 0.05) is 34.8 Å². The minimum absolute atomic E-state index is 0.0746. The molecule has 5 N–H and O–H groups in total. The summed E-state index contributed by atoms with van der Waals surface area (Å²) < 4.78 is 0. The Kier molecular flexibility index (Phi) is 7.62. The van der Waals surface area contributed by atoms with Crippen LogP contribution in [0, 0.1) is 0 Å². The number of carbonyl (C=O) groups is 3. The third kappa shape index (κ3) is 5.66. The normalized spacial score (nSPS) is 20.7. The summed E-state index contributed by atoms with van der Waals surface area (Å²) in [6, 6.07) is 19.9. The summed E-state index contributed by atoms with van der Waals surface area (Å²) in [7, 11) is 0. The zero-order valence-corrected chi connectivity index (χ0v) is 21.6. The maximum absolute atomic E-state index is 13.6. The maximum atomic E-state index is 13.6. The van der Waals surface area contributed by atoms with Gasteiger partial charge in [0.1, 0.15) is 6.04 Å². The van der Waals surface area contributed by atoms with E-state index in [2.05, 4.69) is 16.0 Å². The molecule has 0 spiro atoms. The second-order valence-electron chi connectivity index (χ2n) is 9.77. The van der Waals surface area contributed by atoms with Crippen LogP contribution in [-0.2, 0) is 11.2 Å². The summed E-state index contributed by atoms with van der Waals surface area (Å²) in [4.78, 5) is 41.4. The van der Waals surface area contributed by atoms with E-state index in [0.29, 0.717) is 34.1 Å². The average molecular weight is 532 g/mol. The molecule has 1 aliphatic carbocycles. The van der Waals surface area contributed by atoms with Gasteiger partial charge in [-0.2, -0.15) is 0 Å². The van der Waals surface area contributed by atoms with Gasteiger partial charge in [0.2, 0.25) is 5.91 Å². The zero-order valence-electron chi connectivity index (χ0n) is 20.8. The molecular weight excluding hydrogens is 502 g/mol. The monoisotopic (exact) mass is 531 g/mol.